The number of carbonyl (C=O) groups excluding carboxylic acids is 3. The molecule has 1 fully saturated rings. The van der Waals surface area contributed by atoms with E-state index >= 15 is 0 Å². The van der Waals surface area contributed by atoms with Gasteiger partial charge in [-0.1, -0.05) is 30.3 Å². The summed E-state index contributed by atoms with van der Waals surface area (Å²) in [7, 11) is 0. The van der Waals surface area contributed by atoms with E-state index < -0.39 is 23.5 Å². The second-order valence-corrected chi connectivity index (χ2v) is 4.69. The van der Waals surface area contributed by atoms with Crippen LogP contribution in [0, 0.1) is 5.41 Å². The topological polar surface area (TPSA) is 69.7 Å². The Morgan fingerprint density at radius 2 is 1.90 bits per heavy atom. The lowest BCUT2D eigenvalue weighted by Gasteiger charge is -2.14. The Kier molecular flexibility index (Phi) is 3.88. The van der Waals surface area contributed by atoms with E-state index in [9.17, 15) is 14.4 Å². The number of carbonyl (C=O) groups is 3. The molecule has 0 radical (unpaired) electrons. The summed E-state index contributed by atoms with van der Waals surface area (Å²) in [6.07, 6.45) is -0.550. The number of ether oxygens (including phenoxy) is 2. The van der Waals surface area contributed by atoms with Gasteiger partial charge in [0.25, 0.3) is 0 Å². The first-order chi connectivity index (χ1) is 9.52. The van der Waals surface area contributed by atoms with E-state index in [-0.39, 0.29) is 18.8 Å². The van der Waals surface area contributed by atoms with Crippen LogP contribution in [0.2, 0.25) is 0 Å². The van der Waals surface area contributed by atoms with Gasteiger partial charge in [-0.2, -0.15) is 0 Å². The van der Waals surface area contributed by atoms with Crippen LogP contribution in [0.25, 0.3) is 0 Å². The monoisotopic (exact) mass is 276 g/mol. The van der Waals surface area contributed by atoms with E-state index in [4.69, 9.17) is 9.47 Å². The van der Waals surface area contributed by atoms with Gasteiger partial charge in [0, 0.05) is 18.9 Å². The van der Waals surface area contributed by atoms with Gasteiger partial charge < -0.3 is 9.47 Å². The highest BCUT2D eigenvalue weighted by atomic mass is 16.6. The number of esters is 2. The van der Waals surface area contributed by atoms with Crippen LogP contribution in [0.5, 0.6) is 0 Å². The highest BCUT2D eigenvalue weighted by Gasteiger charge is 2.69. The molecule has 1 aromatic carbocycles. The molecule has 20 heavy (non-hydrogen) atoms. The predicted octanol–water partition coefficient (Wildman–Crippen LogP) is 1.75. The molecule has 0 amide bonds. The third kappa shape index (κ3) is 2.43. The summed E-state index contributed by atoms with van der Waals surface area (Å²) in [4.78, 5) is 35.7. The van der Waals surface area contributed by atoms with Crippen molar-refractivity contribution in [2.24, 2.45) is 5.41 Å². The molecular formula is C15H16O5. The molecule has 5 nitrogen and oxygen atoms in total. The van der Waals surface area contributed by atoms with Crippen LogP contribution in [0.4, 0.5) is 0 Å². The van der Waals surface area contributed by atoms with Gasteiger partial charge in [0.05, 0.1) is 6.61 Å². The second kappa shape index (κ2) is 5.45. The summed E-state index contributed by atoms with van der Waals surface area (Å²) in [6, 6.07) is 8.48. The zero-order valence-electron chi connectivity index (χ0n) is 11.4. The minimum absolute atomic E-state index is 0.176. The summed E-state index contributed by atoms with van der Waals surface area (Å²) in [5, 5.41) is 0. The average Bonchev–Trinajstić information content (AvgIpc) is 3.13. The fourth-order valence-electron chi connectivity index (χ4n) is 2.23. The fraction of sp³-hybridized carbons (Fsp3) is 0.400. The Morgan fingerprint density at radius 3 is 2.45 bits per heavy atom. The van der Waals surface area contributed by atoms with E-state index in [1.807, 2.05) is 0 Å². The van der Waals surface area contributed by atoms with Gasteiger partial charge in [-0.15, -0.1) is 0 Å². The maximum atomic E-state index is 12.5. The Balaban J connectivity index is 2.27. The lowest BCUT2D eigenvalue weighted by atomic mass is 9.94. The van der Waals surface area contributed by atoms with Gasteiger partial charge in [0.2, 0.25) is 0 Å². The van der Waals surface area contributed by atoms with E-state index in [2.05, 4.69) is 0 Å². The third-order valence-corrected chi connectivity index (χ3v) is 3.29. The summed E-state index contributed by atoms with van der Waals surface area (Å²) in [5.74, 6) is -1.50. The predicted molar refractivity (Wildman–Crippen MR) is 70.0 cm³/mol. The molecule has 2 rings (SSSR count). The van der Waals surface area contributed by atoms with Crippen molar-refractivity contribution in [2.45, 2.75) is 26.4 Å². The Labute approximate surface area is 116 Å². The minimum atomic E-state index is -1.37. The Hall–Kier alpha value is -2.17. The van der Waals surface area contributed by atoms with Gasteiger partial charge >= 0.3 is 11.9 Å². The first-order valence-corrected chi connectivity index (χ1v) is 6.46. The zero-order valence-corrected chi connectivity index (χ0v) is 11.4. The first-order valence-electron chi connectivity index (χ1n) is 6.46. The number of rotatable bonds is 5. The number of hydrogen-bond donors (Lipinski definition) is 0. The van der Waals surface area contributed by atoms with Gasteiger partial charge in [-0.3, -0.25) is 14.4 Å². The highest BCUT2D eigenvalue weighted by molar-refractivity contribution is 6.16. The molecule has 0 saturated heterocycles. The number of ketones is 1. The largest absolute Gasteiger partial charge is 0.465 e. The van der Waals surface area contributed by atoms with Crippen molar-refractivity contribution in [3.63, 3.8) is 0 Å². The van der Waals surface area contributed by atoms with Crippen molar-refractivity contribution >= 4 is 17.7 Å². The van der Waals surface area contributed by atoms with Crippen molar-refractivity contribution in [1.29, 1.82) is 0 Å². The SMILES string of the molecule is CCOC(=O)[C@]1(C(=O)c2ccccc2)CC1OC(C)=O. The van der Waals surface area contributed by atoms with E-state index in [1.165, 1.54) is 6.92 Å². The fourth-order valence-corrected chi connectivity index (χ4v) is 2.23. The molecule has 5 heteroatoms. The molecule has 0 aromatic heterocycles. The van der Waals surface area contributed by atoms with E-state index in [0.717, 1.165) is 0 Å². The maximum Gasteiger partial charge on any atom is 0.324 e. The van der Waals surface area contributed by atoms with Gasteiger partial charge in [-0.05, 0) is 6.92 Å². The Bertz CT molecular complexity index is 536. The molecule has 0 bridgehead atoms. The summed E-state index contributed by atoms with van der Waals surface area (Å²) in [5.41, 5.74) is -0.960. The van der Waals surface area contributed by atoms with Crippen LogP contribution in [-0.2, 0) is 19.1 Å². The summed E-state index contributed by atoms with van der Waals surface area (Å²) >= 11 is 0. The smallest absolute Gasteiger partial charge is 0.324 e. The van der Waals surface area contributed by atoms with Crippen LogP contribution in [-0.4, -0.2) is 30.4 Å². The minimum Gasteiger partial charge on any atom is -0.465 e. The molecule has 0 spiro atoms. The van der Waals surface area contributed by atoms with Crippen molar-refractivity contribution in [2.75, 3.05) is 6.61 Å². The van der Waals surface area contributed by atoms with Crippen LogP contribution in [0.15, 0.2) is 30.3 Å². The molecule has 1 unspecified atom stereocenters. The third-order valence-electron chi connectivity index (χ3n) is 3.29. The molecule has 1 aromatic rings. The van der Waals surface area contributed by atoms with Crippen molar-refractivity contribution < 1.29 is 23.9 Å². The first kappa shape index (κ1) is 14.2. The number of Topliss-reactive ketones (excluding diaryl/α,β-unsaturated/α-hetero) is 1. The maximum absolute atomic E-state index is 12.5. The molecule has 2 atom stereocenters. The highest BCUT2D eigenvalue weighted by Crippen LogP contribution is 2.51. The average molecular weight is 276 g/mol. The zero-order chi connectivity index (χ0) is 14.8. The lowest BCUT2D eigenvalue weighted by Crippen LogP contribution is -2.32. The van der Waals surface area contributed by atoms with Gasteiger partial charge in [-0.25, -0.2) is 0 Å². The van der Waals surface area contributed by atoms with Crippen LogP contribution in [0.3, 0.4) is 0 Å². The quantitative estimate of drug-likeness (QED) is 0.465. The van der Waals surface area contributed by atoms with E-state index in [0.29, 0.717) is 5.56 Å². The molecular weight excluding hydrogens is 260 g/mol. The molecule has 1 aliphatic carbocycles. The van der Waals surface area contributed by atoms with Crippen molar-refractivity contribution in [1.82, 2.24) is 0 Å². The van der Waals surface area contributed by atoms with Crippen molar-refractivity contribution in [3.8, 4) is 0 Å². The summed E-state index contributed by atoms with van der Waals surface area (Å²) in [6.45, 7) is 3.10. The molecule has 0 N–H and O–H groups in total. The van der Waals surface area contributed by atoms with Gasteiger partial charge in [0.15, 0.2) is 11.2 Å². The summed E-state index contributed by atoms with van der Waals surface area (Å²) < 4.78 is 10.00. The van der Waals surface area contributed by atoms with Crippen LogP contribution in [0.1, 0.15) is 30.6 Å². The molecule has 1 aliphatic rings. The molecule has 0 aliphatic heterocycles. The normalized spacial score (nSPS) is 23.8. The number of hydrogen-bond acceptors (Lipinski definition) is 5. The van der Waals surface area contributed by atoms with E-state index in [1.54, 1.807) is 37.3 Å². The Morgan fingerprint density at radius 1 is 1.25 bits per heavy atom. The molecule has 106 valence electrons. The standard InChI is InChI=1S/C15H16O5/c1-3-19-14(18)15(9-12(15)20-10(2)16)13(17)11-7-5-4-6-8-11/h4-8,12H,3,9H2,1-2H3/t12?,15-/m1/s1. The molecule has 1 saturated carbocycles. The van der Waals surface area contributed by atoms with Crippen LogP contribution >= 0.6 is 0 Å². The van der Waals surface area contributed by atoms with Crippen LogP contribution < -0.4 is 0 Å². The van der Waals surface area contributed by atoms with Crippen molar-refractivity contribution in [3.05, 3.63) is 35.9 Å². The number of benzene rings is 1. The molecule has 0 heterocycles. The van der Waals surface area contributed by atoms with Gasteiger partial charge in [0.1, 0.15) is 6.10 Å². The second-order valence-electron chi connectivity index (χ2n) is 4.69. The lowest BCUT2D eigenvalue weighted by molar-refractivity contribution is -0.151.